The number of halogens is 3. The number of nitrogens with zero attached hydrogens (tertiary/aromatic N) is 3. The zero-order chi connectivity index (χ0) is 16.8. The molecule has 2 aromatic heterocycles. The van der Waals surface area contributed by atoms with E-state index >= 15 is 0 Å². The van der Waals surface area contributed by atoms with Crippen LogP contribution in [0.2, 0.25) is 19.6 Å². The van der Waals surface area contributed by atoms with Gasteiger partial charge in [-0.05, 0) is 24.8 Å². The second-order valence-electron chi connectivity index (χ2n) is 7.06. The zero-order valence-corrected chi connectivity index (χ0v) is 14.3. The molecule has 0 aliphatic heterocycles. The monoisotopic (exact) mass is 337 g/mol. The smallest absolute Gasteiger partial charge is 0.286 e. The molecule has 1 aliphatic carbocycles. The number of pyridine rings is 1. The van der Waals surface area contributed by atoms with Crippen LogP contribution in [0.25, 0.3) is 5.65 Å². The Bertz CT molecular complexity index is 802. The summed E-state index contributed by atoms with van der Waals surface area (Å²) < 4.78 is 42.1. The highest BCUT2D eigenvalue weighted by atomic mass is 28.3. The van der Waals surface area contributed by atoms with Gasteiger partial charge in [-0.15, -0.1) is 15.7 Å². The average molecular weight is 337 g/mol. The molecule has 1 fully saturated rings. The molecule has 0 bridgehead atoms. The molecule has 0 N–H and O–H groups in total. The van der Waals surface area contributed by atoms with Gasteiger partial charge in [0.05, 0.1) is 0 Å². The molecule has 3 nitrogen and oxygen atoms in total. The van der Waals surface area contributed by atoms with Crippen LogP contribution < -0.4 is 0 Å². The Labute approximate surface area is 133 Å². The summed E-state index contributed by atoms with van der Waals surface area (Å²) in [5, 5.41) is 7.78. The lowest BCUT2D eigenvalue weighted by Gasteiger charge is -2.11. The molecule has 2 heterocycles. The Morgan fingerprint density at radius 2 is 1.96 bits per heavy atom. The molecule has 2 aromatic rings. The van der Waals surface area contributed by atoms with Crippen molar-refractivity contribution in [1.29, 1.82) is 0 Å². The van der Waals surface area contributed by atoms with Crippen LogP contribution in [0.3, 0.4) is 0 Å². The van der Waals surface area contributed by atoms with Gasteiger partial charge in [-0.1, -0.05) is 25.6 Å². The molecule has 0 amide bonds. The molecule has 0 spiro atoms. The van der Waals surface area contributed by atoms with E-state index in [1.54, 1.807) is 6.20 Å². The molecule has 7 heteroatoms. The van der Waals surface area contributed by atoms with E-state index in [4.69, 9.17) is 0 Å². The van der Waals surface area contributed by atoms with Gasteiger partial charge in [-0.3, -0.25) is 4.40 Å². The summed E-state index contributed by atoms with van der Waals surface area (Å²) in [6.07, 6.45) is 0.00633. The third-order valence-electron chi connectivity index (χ3n) is 3.67. The van der Waals surface area contributed by atoms with Crippen LogP contribution in [0.1, 0.15) is 29.8 Å². The van der Waals surface area contributed by atoms with Crippen LogP contribution in [0.5, 0.6) is 0 Å². The first-order chi connectivity index (χ1) is 10.6. The van der Waals surface area contributed by atoms with Crippen molar-refractivity contribution in [2.75, 3.05) is 0 Å². The van der Waals surface area contributed by atoms with Gasteiger partial charge in [0.25, 0.3) is 0 Å². The van der Waals surface area contributed by atoms with Gasteiger partial charge >= 0.3 is 6.18 Å². The molecule has 0 atom stereocenters. The predicted octanol–water partition coefficient (Wildman–Crippen LogP) is 3.93. The lowest BCUT2D eigenvalue weighted by molar-refractivity contribution is -0.136. The van der Waals surface area contributed by atoms with Crippen LogP contribution in [-0.2, 0) is 12.6 Å². The van der Waals surface area contributed by atoms with E-state index in [0.717, 1.165) is 12.8 Å². The maximum atomic E-state index is 13.5. The third kappa shape index (κ3) is 3.58. The highest BCUT2D eigenvalue weighted by Crippen LogP contribution is 2.36. The number of aromatic nitrogens is 3. The maximum Gasteiger partial charge on any atom is 0.421 e. The summed E-state index contributed by atoms with van der Waals surface area (Å²) in [5.74, 6) is 3.85. The van der Waals surface area contributed by atoms with Crippen molar-refractivity contribution in [2.24, 2.45) is 5.92 Å². The van der Waals surface area contributed by atoms with Gasteiger partial charge in [-0.25, -0.2) is 0 Å². The first-order valence-corrected chi connectivity index (χ1v) is 11.1. The van der Waals surface area contributed by atoms with Crippen molar-refractivity contribution < 1.29 is 13.2 Å². The summed E-state index contributed by atoms with van der Waals surface area (Å²) >= 11 is 0. The van der Waals surface area contributed by atoms with Crippen LogP contribution >= 0.6 is 0 Å². The maximum absolute atomic E-state index is 13.5. The van der Waals surface area contributed by atoms with Crippen LogP contribution in [0.4, 0.5) is 13.2 Å². The van der Waals surface area contributed by atoms with Gasteiger partial charge in [0, 0.05) is 18.2 Å². The fourth-order valence-electron chi connectivity index (χ4n) is 2.36. The van der Waals surface area contributed by atoms with Crippen molar-refractivity contribution in [1.82, 2.24) is 14.6 Å². The Balaban J connectivity index is 2.15. The molecule has 0 saturated heterocycles. The van der Waals surface area contributed by atoms with Crippen LogP contribution in [0.15, 0.2) is 12.3 Å². The average Bonchev–Trinajstić information content (AvgIpc) is 3.14. The Morgan fingerprint density at radius 3 is 2.52 bits per heavy atom. The van der Waals surface area contributed by atoms with Crippen molar-refractivity contribution in [3.05, 3.63) is 29.2 Å². The van der Waals surface area contributed by atoms with E-state index in [2.05, 4.69) is 21.7 Å². The predicted molar refractivity (Wildman–Crippen MR) is 84.6 cm³/mol. The van der Waals surface area contributed by atoms with Gasteiger partial charge in [-0.2, -0.15) is 13.2 Å². The first-order valence-electron chi connectivity index (χ1n) is 7.62. The summed E-state index contributed by atoms with van der Waals surface area (Å²) in [5.41, 5.74) is 2.06. The van der Waals surface area contributed by atoms with Crippen LogP contribution in [-0.4, -0.2) is 22.7 Å². The van der Waals surface area contributed by atoms with E-state index in [-0.39, 0.29) is 11.2 Å². The fraction of sp³-hybridized carbons (Fsp3) is 0.500. The van der Waals surface area contributed by atoms with Gasteiger partial charge in [0.15, 0.2) is 5.65 Å². The Kier molecular flexibility index (Phi) is 3.75. The summed E-state index contributed by atoms with van der Waals surface area (Å²) in [7, 11) is -1.77. The molecule has 0 aromatic carbocycles. The molecule has 0 unspecified atom stereocenters. The number of fused-ring (bicyclic) bond motifs is 1. The van der Waals surface area contributed by atoms with Crippen molar-refractivity contribution in [2.45, 2.75) is 45.1 Å². The molecule has 1 saturated carbocycles. The quantitative estimate of drug-likeness (QED) is 0.614. The fourth-order valence-corrected chi connectivity index (χ4v) is 2.87. The summed E-state index contributed by atoms with van der Waals surface area (Å²) in [6, 6.07) is 1.43. The molecule has 0 radical (unpaired) electrons. The zero-order valence-electron chi connectivity index (χ0n) is 13.3. The highest BCUT2D eigenvalue weighted by Gasteiger charge is 2.37. The second kappa shape index (κ2) is 5.37. The van der Waals surface area contributed by atoms with Crippen molar-refractivity contribution >= 4 is 13.7 Å². The Morgan fingerprint density at radius 1 is 1.26 bits per heavy atom. The van der Waals surface area contributed by atoms with E-state index in [1.807, 2.05) is 19.6 Å². The molecular formula is C16H18F3N3Si. The molecule has 122 valence electrons. The van der Waals surface area contributed by atoms with Crippen molar-refractivity contribution in [3.8, 4) is 11.5 Å². The summed E-state index contributed by atoms with van der Waals surface area (Å²) in [6.45, 7) is 5.99. The SMILES string of the molecule is C[Si](C)(C)C#Cc1ccn2c(CC3CC3)nnc2c1C(F)(F)F. The third-order valence-corrected chi connectivity index (χ3v) is 4.55. The van der Waals surface area contributed by atoms with E-state index < -0.39 is 19.8 Å². The minimum Gasteiger partial charge on any atom is -0.286 e. The number of hydrogen-bond donors (Lipinski definition) is 0. The lowest BCUT2D eigenvalue weighted by Crippen LogP contribution is -2.17. The number of hydrogen-bond acceptors (Lipinski definition) is 2. The van der Waals surface area contributed by atoms with Crippen LogP contribution in [0, 0.1) is 17.4 Å². The normalized spacial score (nSPS) is 15.6. The summed E-state index contributed by atoms with van der Waals surface area (Å²) in [4.78, 5) is 0. The minimum absolute atomic E-state index is 0.0159. The second-order valence-corrected chi connectivity index (χ2v) is 11.8. The number of rotatable bonds is 2. The topological polar surface area (TPSA) is 30.2 Å². The Hall–Kier alpha value is -1.81. The highest BCUT2D eigenvalue weighted by molar-refractivity contribution is 6.83. The van der Waals surface area contributed by atoms with Crippen molar-refractivity contribution in [3.63, 3.8) is 0 Å². The van der Waals surface area contributed by atoms with E-state index in [0.29, 0.717) is 18.2 Å². The minimum atomic E-state index is -4.50. The van der Waals surface area contributed by atoms with E-state index in [1.165, 1.54) is 10.5 Å². The van der Waals surface area contributed by atoms with Gasteiger partial charge in [0.1, 0.15) is 19.5 Å². The molecule has 23 heavy (non-hydrogen) atoms. The largest absolute Gasteiger partial charge is 0.421 e. The number of alkyl halides is 3. The molecular weight excluding hydrogens is 319 g/mol. The van der Waals surface area contributed by atoms with E-state index in [9.17, 15) is 13.2 Å². The molecule has 1 aliphatic rings. The lowest BCUT2D eigenvalue weighted by atomic mass is 10.1. The standard InChI is InChI=1S/C16H18F3N3Si/c1-23(2,3)9-7-12-6-8-22-13(10-11-4-5-11)20-21-15(22)14(12)16(17,18)19/h6,8,11H,4-5,10H2,1-3H3. The van der Waals surface area contributed by atoms with Gasteiger partial charge < -0.3 is 0 Å². The molecule has 3 rings (SSSR count). The first kappa shape index (κ1) is 16.1. The van der Waals surface area contributed by atoms with Gasteiger partial charge in [0.2, 0.25) is 0 Å².